The Bertz CT molecular complexity index is 1180. The van der Waals surface area contributed by atoms with E-state index in [0.717, 1.165) is 10.0 Å². The lowest BCUT2D eigenvalue weighted by Gasteiger charge is -2.11. The average Bonchev–Trinajstić information content (AvgIpc) is 2.79. The van der Waals surface area contributed by atoms with Gasteiger partial charge in [-0.2, -0.15) is 5.26 Å². The molecule has 2 amide bonds. The molecule has 6 nitrogen and oxygen atoms in total. The van der Waals surface area contributed by atoms with Gasteiger partial charge in [0.1, 0.15) is 17.4 Å². The molecule has 3 aromatic rings. The first-order valence-electron chi connectivity index (χ1n) is 9.71. The van der Waals surface area contributed by atoms with Gasteiger partial charge < -0.3 is 15.4 Å². The van der Waals surface area contributed by atoms with E-state index >= 15 is 0 Å². The number of nitriles is 1. The average molecular weight is 490 g/mol. The number of nitrogens with one attached hydrogen (secondary N) is 2. The van der Waals surface area contributed by atoms with E-state index in [2.05, 4.69) is 26.6 Å². The molecule has 0 bridgehead atoms. The van der Waals surface area contributed by atoms with E-state index in [1.54, 1.807) is 42.5 Å². The van der Waals surface area contributed by atoms with Gasteiger partial charge in [0.15, 0.2) is 6.61 Å². The number of hydrogen-bond acceptors (Lipinski definition) is 4. The van der Waals surface area contributed by atoms with E-state index < -0.39 is 5.91 Å². The van der Waals surface area contributed by atoms with Gasteiger partial charge in [-0.1, -0.05) is 51.8 Å². The van der Waals surface area contributed by atoms with Gasteiger partial charge >= 0.3 is 0 Å². The predicted molar refractivity (Wildman–Crippen MR) is 128 cm³/mol. The molecule has 0 radical (unpaired) electrons. The molecule has 0 saturated heterocycles. The number of ether oxygens (including phenoxy) is 1. The van der Waals surface area contributed by atoms with Crippen LogP contribution in [0.3, 0.4) is 0 Å². The summed E-state index contributed by atoms with van der Waals surface area (Å²) in [4.78, 5) is 24.8. The zero-order valence-electron chi connectivity index (χ0n) is 17.3. The lowest BCUT2D eigenvalue weighted by atomic mass is 10.1. The Balaban J connectivity index is 1.73. The summed E-state index contributed by atoms with van der Waals surface area (Å²) in [6.45, 7) is 1.74. The largest absolute Gasteiger partial charge is 0.483 e. The summed E-state index contributed by atoms with van der Waals surface area (Å²) in [6.07, 6.45) is 1.43. The second kappa shape index (κ2) is 10.9. The predicted octanol–water partition coefficient (Wildman–Crippen LogP) is 5.32. The highest BCUT2D eigenvalue weighted by Gasteiger charge is 2.13. The first kappa shape index (κ1) is 22.8. The van der Waals surface area contributed by atoms with Gasteiger partial charge in [0, 0.05) is 21.4 Å². The number of aryl methyl sites for hydroxylation is 1. The molecule has 7 heteroatoms. The lowest BCUT2D eigenvalue weighted by molar-refractivity contribution is -0.118. The van der Waals surface area contributed by atoms with E-state index in [1.807, 2.05) is 43.3 Å². The van der Waals surface area contributed by atoms with Crippen LogP contribution in [0.2, 0.25) is 0 Å². The third-order valence-corrected chi connectivity index (χ3v) is 4.86. The van der Waals surface area contributed by atoms with Crippen molar-refractivity contribution in [1.82, 2.24) is 0 Å². The minimum Gasteiger partial charge on any atom is -0.483 e. The number of amides is 2. The maximum atomic E-state index is 12.5. The number of carbonyl (C=O) groups excluding carboxylic acids is 2. The molecule has 160 valence electrons. The number of benzene rings is 3. The second-order valence-corrected chi connectivity index (χ2v) is 7.79. The zero-order chi connectivity index (χ0) is 22.9. The molecule has 0 aliphatic rings. The summed E-state index contributed by atoms with van der Waals surface area (Å²) in [6, 6.07) is 23.3. The Morgan fingerprint density at radius 2 is 1.69 bits per heavy atom. The van der Waals surface area contributed by atoms with Gasteiger partial charge in [0.2, 0.25) is 0 Å². The smallest absolute Gasteiger partial charge is 0.266 e. The quantitative estimate of drug-likeness (QED) is 0.347. The number of rotatable bonds is 7. The van der Waals surface area contributed by atoms with Gasteiger partial charge in [-0.3, -0.25) is 9.59 Å². The number of para-hydroxylation sites is 1. The van der Waals surface area contributed by atoms with E-state index in [9.17, 15) is 14.9 Å². The fourth-order valence-corrected chi connectivity index (χ4v) is 3.14. The van der Waals surface area contributed by atoms with Crippen molar-refractivity contribution in [3.05, 3.63) is 94.0 Å². The van der Waals surface area contributed by atoms with Crippen molar-refractivity contribution < 1.29 is 14.3 Å². The molecule has 0 aliphatic heterocycles. The van der Waals surface area contributed by atoms with E-state index in [0.29, 0.717) is 22.7 Å². The van der Waals surface area contributed by atoms with Crippen LogP contribution in [0.1, 0.15) is 11.1 Å². The standard InChI is InChI=1S/C25H20BrN3O3/c1-17-7-10-22(11-8-17)28-24(30)16-32-23-12-9-20(26)14-18(23)13-19(15-27)25(31)29-21-5-3-2-4-6-21/h2-14H,16H2,1H3,(H,28,30)(H,29,31)/b19-13+. The minimum atomic E-state index is -0.540. The van der Waals surface area contributed by atoms with Crippen LogP contribution < -0.4 is 15.4 Å². The molecule has 0 aliphatic carbocycles. The number of carbonyl (C=O) groups is 2. The Labute approximate surface area is 194 Å². The summed E-state index contributed by atoms with van der Waals surface area (Å²) < 4.78 is 6.41. The van der Waals surface area contributed by atoms with Crippen molar-refractivity contribution in [2.75, 3.05) is 17.2 Å². The van der Waals surface area contributed by atoms with Crippen LogP contribution in [-0.2, 0) is 9.59 Å². The molecule has 0 unspecified atom stereocenters. The Morgan fingerprint density at radius 1 is 1.00 bits per heavy atom. The first-order valence-corrected chi connectivity index (χ1v) is 10.5. The third-order valence-electron chi connectivity index (χ3n) is 4.36. The van der Waals surface area contributed by atoms with Crippen LogP contribution in [0, 0.1) is 18.3 Å². The summed E-state index contributed by atoms with van der Waals surface area (Å²) >= 11 is 3.38. The molecule has 0 spiro atoms. The maximum absolute atomic E-state index is 12.5. The highest BCUT2D eigenvalue weighted by molar-refractivity contribution is 9.10. The van der Waals surface area contributed by atoms with Gasteiger partial charge in [0.05, 0.1) is 0 Å². The minimum absolute atomic E-state index is 0.0964. The van der Waals surface area contributed by atoms with Crippen LogP contribution in [0.25, 0.3) is 6.08 Å². The summed E-state index contributed by atoms with van der Waals surface area (Å²) in [5.41, 5.74) is 2.74. The van der Waals surface area contributed by atoms with E-state index in [-0.39, 0.29) is 18.1 Å². The van der Waals surface area contributed by atoms with Crippen molar-refractivity contribution in [3.63, 3.8) is 0 Å². The normalized spacial score (nSPS) is 10.7. The van der Waals surface area contributed by atoms with Crippen molar-refractivity contribution in [2.45, 2.75) is 6.92 Å². The third kappa shape index (κ3) is 6.56. The Hall–Kier alpha value is -3.89. The monoisotopic (exact) mass is 489 g/mol. The van der Waals surface area contributed by atoms with E-state index in [4.69, 9.17) is 4.74 Å². The molecular weight excluding hydrogens is 470 g/mol. The number of hydrogen-bond donors (Lipinski definition) is 2. The van der Waals surface area contributed by atoms with Gasteiger partial charge in [0.25, 0.3) is 11.8 Å². The number of nitrogens with zero attached hydrogens (tertiary/aromatic N) is 1. The lowest BCUT2D eigenvalue weighted by Crippen LogP contribution is -2.20. The topological polar surface area (TPSA) is 91.2 Å². The summed E-state index contributed by atoms with van der Waals surface area (Å²) in [5.74, 6) is -0.497. The second-order valence-electron chi connectivity index (χ2n) is 6.87. The maximum Gasteiger partial charge on any atom is 0.266 e. The number of halogens is 1. The molecule has 0 aromatic heterocycles. The molecule has 0 fully saturated rings. The van der Waals surface area contributed by atoms with Crippen molar-refractivity contribution in [2.24, 2.45) is 0 Å². The zero-order valence-corrected chi connectivity index (χ0v) is 18.8. The van der Waals surface area contributed by atoms with Gasteiger partial charge in [-0.15, -0.1) is 0 Å². The van der Waals surface area contributed by atoms with Crippen LogP contribution in [0.5, 0.6) is 5.75 Å². The first-order chi connectivity index (χ1) is 15.4. The molecule has 3 aromatic carbocycles. The fraction of sp³-hybridized carbons (Fsp3) is 0.0800. The van der Waals surface area contributed by atoms with Gasteiger partial charge in [-0.05, 0) is 55.5 Å². The summed E-state index contributed by atoms with van der Waals surface area (Å²) in [5, 5.41) is 14.9. The van der Waals surface area contributed by atoms with Crippen LogP contribution in [0.15, 0.2) is 82.8 Å². The SMILES string of the molecule is Cc1ccc(NC(=O)COc2ccc(Br)cc2/C=C(\C#N)C(=O)Nc2ccccc2)cc1. The Morgan fingerprint density at radius 3 is 2.38 bits per heavy atom. The molecule has 0 saturated carbocycles. The fourth-order valence-electron chi connectivity index (χ4n) is 2.76. The highest BCUT2D eigenvalue weighted by Crippen LogP contribution is 2.26. The van der Waals surface area contributed by atoms with Gasteiger partial charge in [-0.25, -0.2) is 0 Å². The molecule has 3 rings (SSSR count). The van der Waals surface area contributed by atoms with Crippen molar-refractivity contribution >= 4 is 45.2 Å². The van der Waals surface area contributed by atoms with Crippen molar-refractivity contribution in [3.8, 4) is 11.8 Å². The molecule has 0 heterocycles. The molecular formula is C25H20BrN3O3. The van der Waals surface area contributed by atoms with Crippen LogP contribution >= 0.6 is 15.9 Å². The molecule has 0 atom stereocenters. The Kier molecular flexibility index (Phi) is 7.79. The van der Waals surface area contributed by atoms with E-state index in [1.165, 1.54) is 6.08 Å². The molecule has 2 N–H and O–H groups in total. The van der Waals surface area contributed by atoms with Crippen LogP contribution in [0.4, 0.5) is 11.4 Å². The number of anilines is 2. The van der Waals surface area contributed by atoms with Crippen molar-refractivity contribution in [1.29, 1.82) is 5.26 Å². The molecule has 32 heavy (non-hydrogen) atoms. The highest BCUT2D eigenvalue weighted by atomic mass is 79.9. The van der Waals surface area contributed by atoms with Crippen LogP contribution in [-0.4, -0.2) is 18.4 Å². The summed E-state index contributed by atoms with van der Waals surface area (Å²) in [7, 11) is 0.